The highest BCUT2D eigenvalue weighted by Crippen LogP contribution is 2.56. The van der Waals surface area contributed by atoms with Gasteiger partial charge in [0.05, 0.1) is 29.4 Å². The molecule has 0 aliphatic heterocycles. The highest BCUT2D eigenvalue weighted by Gasteiger charge is 2.45. The molecule has 0 spiro atoms. The number of phenols is 4. The maximum absolute atomic E-state index is 13.8. The van der Waals surface area contributed by atoms with E-state index in [0.717, 1.165) is 11.1 Å². The molecule has 7 nitrogen and oxygen atoms in total. The van der Waals surface area contributed by atoms with E-state index in [1.54, 1.807) is 38.1 Å². The first-order chi connectivity index (χ1) is 18.1. The topological polar surface area (TPSA) is 124 Å². The van der Waals surface area contributed by atoms with Crippen LogP contribution in [0.2, 0.25) is 0 Å². The molecule has 190 valence electrons. The zero-order valence-electron chi connectivity index (χ0n) is 20.9. The average molecular weight is 509 g/mol. The van der Waals surface area contributed by atoms with Crippen molar-refractivity contribution in [2.24, 2.45) is 0 Å². The number of carbonyl (C=O) groups excluding carboxylic acids is 2. The summed E-state index contributed by atoms with van der Waals surface area (Å²) in [6.07, 6.45) is 0. The summed E-state index contributed by atoms with van der Waals surface area (Å²) >= 11 is 0. The first-order valence-electron chi connectivity index (χ1n) is 12.1. The van der Waals surface area contributed by atoms with Crippen LogP contribution in [-0.2, 0) is 0 Å². The molecule has 0 saturated carbocycles. The third-order valence-electron chi connectivity index (χ3n) is 7.63. The molecule has 0 aromatic heterocycles. The minimum absolute atomic E-state index is 0.00182. The van der Waals surface area contributed by atoms with Crippen molar-refractivity contribution < 1.29 is 34.8 Å². The van der Waals surface area contributed by atoms with E-state index in [9.17, 15) is 30.0 Å². The second kappa shape index (κ2) is 8.11. The Morgan fingerprint density at radius 3 is 1.66 bits per heavy atom. The van der Waals surface area contributed by atoms with Gasteiger partial charge in [0, 0.05) is 11.8 Å². The van der Waals surface area contributed by atoms with Crippen LogP contribution in [0.25, 0.3) is 0 Å². The SMILES string of the molecule is COc1ccc2c(c1O)C(=O)c1c(O)cc(C)cc1[C@@H]2[C@@H]1c2cccc(O)c2C(=O)c2c(O)cc(C)cc21. The number of aryl methyl sites for hydroxylation is 2. The van der Waals surface area contributed by atoms with Gasteiger partial charge in [0.15, 0.2) is 11.5 Å². The van der Waals surface area contributed by atoms with Gasteiger partial charge >= 0.3 is 0 Å². The molecular formula is C31H24O7. The van der Waals surface area contributed by atoms with Crippen LogP contribution in [0.4, 0.5) is 0 Å². The van der Waals surface area contributed by atoms with Crippen LogP contribution in [0, 0.1) is 13.8 Å². The number of ketones is 2. The van der Waals surface area contributed by atoms with Gasteiger partial charge in [-0.1, -0.05) is 30.3 Å². The average Bonchev–Trinajstić information content (AvgIpc) is 2.84. The molecule has 0 bridgehead atoms. The second-order valence-electron chi connectivity index (χ2n) is 9.93. The minimum atomic E-state index is -0.672. The Hall–Kier alpha value is -4.78. The summed E-state index contributed by atoms with van der Waals surface area (Å²) in [6.45, 7) is 3.61. The molecule has 0 heterocycles. The van der Waals surface area contributed by atoms with E-state index in [1.807, 2.05) is 12.1 Å². The van der Waals surface area contributed by atoms with E-state index in [2.05, 4.69) is 0 Å². The van der Waals surface area contributed by atoms with Gasteiger partial charge in [0.25, 0.3) is 0 Å². The van der Waals surface area contributed by atoms with Gasteiger partial charge in [-0.3, -0.25) is 9.59 Å². The predicted octanol–water partition coefficient (Wildman–Crippen LogP) is 5.19. The number of fused-ring (bicyclic) bond motifs is 4. The molecule has 0 unspecified atom stereocenters. The van der Waals surface area contributed by atoms with Crippen molar-refractivity contribution in [3.05, 3.63) is 110 Å². The second-order valence-corrected chi connectivity index (χ2v) is 9.93. The van der Waals surface area contributed by atoms with E-state index in [1.165, 1.54) is 25.3 Å². The van der Waals surface area contributed by atoms with Gasteiger partial charge in [-0.05, 0) is 71.5 Å². The van der Waals surface area contributed by atoms with Crippen LogP contribution in [0.5, 0.6) is 28.7 Å². The molecule has 4 N–H and O–H groups in total. The van der Waals surface area contributed by atoms with Crippen molar-refractivity contribution in [1.82, 2.24) is 0 Å². The standard InChI is InChI=1S/C31H24O7/c1-13-9-17-23(15-5-4-6-19(32)25(15)30(36)26(17)20(33)11-13)24-16-7-8-22(38-3)29(35)28(16)31(37)27-18(24)10-14(2)12-21(27)34/h4-12,23-24,32-35H,1-3H3/t23-,24-/m1/s1. The highest BCUT2D eigenvalue weighted by atomic mass is 16.5. The quantitative estimate of drug-likeness (QED) is 0.294. The van der Waals surface area contributed by atoms with Crippen LogP contribution in [0.15, 0.2) is 54.6 Å². The fraction of sp³-hybridized carbons (Fsp3) is 0.161. The highest BCUT2D eigenvalue weighted by molar-refractivity contribution is 6.18. The number of carbonyl (C=O) groups is 2. The van der Waals surface area contributed by atoms with Gasteiger partial charge in [-0.25, -0.2) is 0 Å². The largest absolute Gasteiger partial charge is 0.507 e. The lowest BCUT2D eigenvalue weighted by Gasteiger charge is -2.38. The molecule has 7 heteroatoms. The van der Waals surface area contributed by atoms with Gasteiger partial charge in [-0.2, -0.15) is 0 Å². The molecule has 4 aromatic carbocycles. The number of benzene rings is 4. The normalized spacial score (nSPS) is 17.3. The third kappa shape index (κ3) is 3.08. The van der Waals surface area contributed by atoms with E-state index >= 15 is 0 Å². The minimum Gasteiger partial charge on any atom is -0.507 e. The Balaban J connectivity index is 1.78. The summed E-state index contributed by atoms with van der Waals surface area (Å²) in [5, 5.41) is 43.8. The van der Waals surface area contributed by atoms with Gasteiger partial charge in [0.1, 0.15) is 17.2 Å². The summed E-state index contributed by atoms with van der Waals surface area (Å²) in [7, 11) is 1.38. The van der Waals surface area contributed by atoms with Crippen LogP contribution in [0.1, 0.15) is 77.1 Å². The Kier molecular flexibility index (Phi) is 5.04. The maximum atomic E-state index is 13.8. The molecule has 4 aromatic rings. The van der Waals surface area contributed by atoms with Gasteiger partial charge in [-0.15, -0.1) is 0 Å². The molecular weight excluding hydrogens is 484 g/mol. The van der Waals surface area contributed by atoms with E-state index in [4.69, 9.17) is 4.74 Å². The molecule has 2 aliphatic rings. The zero-order chi connectivity index (χ0) is 27.0. The lowest BCUT2D eigenvalue weighted by atomic mass is 9.63. The van der Waals surface area contributed by atoms with E-state index < -0.39 is 23.4 Å². The smallest absolute Gasteiger partial charge is 0.201 e. The number of methoxy groups -OCH3 is 1. The monoisotopic (exact) mass is 508 g/mol. The Morgan fingerprint density at radius 2 is 1.11 bits per heavy atom. The maximum Gasteiger partial charge on any atom is 0.201 e. The first kappa shape index (κ1) is 23.6. The fourth-order valence-corrected chi connectivity index (χ4v) is 6.19. The fourth-order valence-electron chi connectivity index (χ4n) is 6.19. The van der Waals surface area contributed by atoms with Crippen molar-refractivity contribution in [2.75, 3.05) is 7.11 Å². The summed E-state index contributed by atoms with van der Waals surface area (Å²) in [5.74, 6) is -3.27. The van der Waals surface area contributed by atoms with Crippen molar-refractivity contribution in [1.29, 1.82) is 0 Å². The van der Waals surface area contributed by atoms with Crippen molar-refractivity contribution in [3.63, 3.8) is 0 Å². The van der Waals surface area contributed by atoms with E-state index in [-0.39, 0.29) is 51.0 Å². The third-order valence-corrected chi connectivity index (χ3v) is 7.63. The summed E-state index contributed by atoms with van der Waals surface area (Å²) in [6, 6.07) is 14.7. The van der Waals surface area contributed by atoms with Gasteiger partial charge in [0.2, 0.25) is 11.6 Å². The first-order valence-corrected chi connectivity index (χ1v) is 12.1. The zero-order valence-corrected chi connectivity index (χ0v) is 20.9. The number of phenolic OH excluding ortho intramolecular Hbond substituents is 4. The van der Waals surface area contributed by atoms with Crippen LogP contribution < -0.4 is 4.74 Å². The molecule has 0 saturated heterocycles. The van der Waals surface area contributed by atoms with Crippen molar-refractivity contribution in [2.45, 2.75) is 25.7 Å². The Bertz CT molecular complexity index is 1720. The molecule has 2 aliphatic carbocycles. The molecule has 0 fully saturated rings. The van der Waals surface area contributed by atoms with Crippen molar-refractivity contribution >= 4 is 11.6 Å². The molecule has 0 amide bonds. The molecule has 6 rings (SSSR count). The number of rotatable bonds is 2. The molecule has 38 heavy (non-hydrogen) atoms. The number of hydrogen-bond donors (Lipinski definition) is 4. The predicted molar refractivity (Wildman–Crippen MR) is 139 cm³/mol. The summed E-state index contributed by atoms with van der Waals surface area (Å²) < 4.78 is 5.28. The number of aromatic hydroxyl groups is 4. The Morgan fingerprint density at radius 1 is 0.605 bits per heavy atom. The van der Waals surface area contributed by atoms with Crippen molar-refractivity contribution in [3.8, 4) is 28.7 Å². The van der Waals surface area contributed by atoms with Crippen LogP contribution in [0.3, 0.4) is 0 Å². The summed E-state index contributed by atoms with van der Waals surface area (Å²) in [4.78, 5) is 27.4. The van der Waals surface area contributed by atoms with Crippen LogP contribution in [-0.4, -0.2) is 39.1 Å². The lowest BCUT2D eigenvalue weighted by molar-refractivity contribution is 0.101. The Labute approximate surface area is 218 Å². The number of ether oxygens (including phenoxy) is 1. The molecule has 0 radical (unpaired) electrons. The lowest BCUT2D eigenvalue weighted by Crippen LogP contribution is -2.29. The summed E-state index contributed by atoms with van der Waals surface area (Å²) in [5.41, 5.74) is 3.67. The van der Waals surface area contributed by atoms with Gasteiger partial charge < -0.3 is 25.2 Å². The molecule has 2 atom stereocenters. The number of hydrogen-bond acceptors (Lipinski definition) is 7. The van der Waals surface area contributed by atoms with Crippen LogP contribution >= 0.6 is 0 Å². The van der Waals surface area contributed by atoms with E-state index in [0.29, 0.717) is 22.3 Å².